The molecule has 1 amide bonds. The zero-order valence-electron chi connectivity index (χ0n) is 15.7. The van der Waals surface area contributed by atoms with Crippen LogP contribution in [0.25, 0.3) is 10.2 Å². The van der Waals surface area contributed by atoms with Crippen LogP contribution in [0.1, 0.15) is 32.8 Å². The molecule has 1 aromatic carbocycles. The number of aryl methyl sites for hydroxylation is 2. The van der Waals surface area contributed by atoms with E-state index < -0.39 is 0 Å². The summed E-state index contributed by atoms with van der Waals surface area (Å²) in [6, 6.07) is 7.64. The van der Waals surface area contributed by atoms with E-state index in [4.69, 9.17) is 9.15 Å². The number of ether oxygens (including phenoxy) is 1. The molecule has 144 valence electrons. The second-order valence-corrected chi connectivity index (χ2v) is 7.72. The predicted molar refractivity (Wildman–Crippen MR) is 104 cm³/mol. The number of hydrogen-bond donors (Lipinski definition) is 1. The quantitative estimate of drug-likeness (QED) is 0.535. The number of carbonyl (C=O) groups is 1. The summed E-state index contributed by atoms with van der Waals surface area (Å²) >= 11 is 1.64. The first-order valence-corrected chi connectivity index (χ1v) is 9.50. The molecule has 0 atom stereocenters. The van der Waals surface area contributed by atoms with Crippen molar-refractivity contribution < 1.29 is 13.9 Å². The van der Waals surface area contributed by atoms with Crippen molar-refractivity contribution in [3.05, 3.63) is 58.5 Å². The van der Waals surface area contributed by atoms with Crippen LogP contribution < -0.4 is 4.74 Å². The largest absolute Gasteiger partial charge is 0.484 e. The highest BCUT2D eigenvalue weighted by Gasteiger charge is 2.18. The van der Waals surface area contributed by atoms with Crippen LogP contribution in [0.4, 0.5) is 0 Å². The van der Waals surface area contributed by atoms with Gasteiger partial charge in [0, 0.05) is 18.8 Å². The molecule has 4 rings (SSSR count). The van der Waals surface area contributed by atoms with Gasteiger partial charge in [0.05, 0.1) is 27.5 Å². The van der Waals surface area contributed by atoms with Crippen molar-refractivity contribution in [3.8, 4) is 5.75 Å². The number of aromatic nitrogens is 4. The molecule has 28 heavy (non-hydrogen) atoms. The molecule has 0 radical (unpaired) electrons. The van der Waals surface area contributed by atoms with Crippen LogP contribution in [-0.2, 0) is 13.2 Å². The first-order valence-electron chi connectivity index (χ1n) is 8.68. The van der Waals surface area contributed by atoms with Gasteiger partial charge in [0.1, 0.15) is 12.0 Å². The Morgan fingerprint density at radius 1 is 1.29 bits per heavy atom. The number of amides is 1. The zero-order chi connectivity index (χ0) is 19.7. The number of nitrogens with zero attached hydrogens (tertiary/aromatic N) is 4. The summed E-state index contributed by atoms with van der Waals surface area (Å²) in [5.41, 5.74) is 2.87. The number of nitrogens with one attached hydrogen (secondary N) is 1. The highest BCUT2D eigenvalue weighted by atomic mass is 32.1. The lowest BCUT2D eigenvalue weighted by molar-refractivity contribution is 0.0777. The Hall–Kier alpha value is -3.20. The van der Waals surface area contributed by atoms with E-state index in [1.54, 1.807) is 18.4 Å². The molecular weight excluding hydrogens is 378 g/mol. The molecule has 9 heteroatoms. The van der Waals surface area contributed by atoms with E-state index in [-0.39, 0.29) is 18.2 Å². The first-order chi connectivity index (χ1) is 13.5. The maximum Gasteiger partial charge on any atom is 0.275 e. The van der Waals surface area contributed by atoms with E-state index in [1.807, 2.05) is 38.1 Å². The number of aromatic amines is 1. The Morgan fingerprint density at radius 3 is 2.93 bits per heavy atom. The number of carbonyl (C=O) groups excluding carboxylic acids is 1. The van der Waals surface area contributed by atoms with Gasteiger partial charge in [-0.25, -0.2) is 9.97 Å². The van der Waals surface area contributed by atoms with E-state index in [2.05, 4.69) is 20.2 Å². The van der Waals surface area contributed by atoms with E-state index in [1.165, 1.54) is 11.2 Å². The number of oxazole rings is 1. The van der Waals surface area contributed by atoms with Gasteiger partial charge in [0.15, 0.2) is 12.3 Å². The topological polar surface area (TPSA) is 97.1 Å². The number of hydrogen-bond acceptors (Lipinski definition) is 7. The van der Waals surface area contributed by atoms with Crippen molar-refractivity contribution in [2.24, 2.45) is 0 Å². The monoisotopic (exact) mass is 397 g/mol. The van der Waals surface area contributed by atoms with Gasteiger partial charge in [-0.2, -0.15) is 5.10 Å². The van der Waals surface area contributed by atoms with Crippen LogP contribution >= 0.6 is 11.3 Å². The molecule has 0 spiro atoms. The number of H-pyrrole nitrogens is 1. The summed E-state index contributed by atoms with van der Waals surface area (Å²) in [6.07, 6.45) is 1.35. The Morgan fingerprint density at radius 2 is 2.14 bits per heavy atom. The van der Waals surface area contributed by atoms with Crippen molar-refractivity contribution >= 4 is 27.5 Å². The maximum atomic E-state index is 12.5. The Kier molecular flexibility index (Phi) is 4.82. The van der Waals surface area contributed by atoms with Gasteiger partial charge in [-0.1, -0.05) is 0 Å². The molecule has 0 aliphatic carbocycles. The van der Waals surface area contributed by atoms with Crippen LogP contribution in [0, 0.1) is 13.8 Å². The van der Waals surface area contributed by atoms with Crippen molar-refractivity contribution in [2.75, 3.05) is 7.05 Å². The molecule has 0 saturated carbocycles. The lowest BCUT2D eigenvalue weighted by Crippen LogP contribution is -2.26. The number of thiazole rings is 1. The molecule has 3 heterocycles. The maximum absolute atomic E-state index is 12.5. The molecular formula is C19H19N5O3S. The third kappa shape index (κ3) is 3.89. The summed E-state index contributed by atoms with van der Waals surface area (Å²) in [6.45, 7) is 4.40. The average Bonchev–Trinajstić information content (AvgIpc) is 3.38. The van der Waals surface area contributed by atoms with Crippen molar-refractivity contribution in [1.29, 1.82) is 0 Å². The molecule has 0 fully saturated rings. The summed E-state index contributed by atoms with van der Waals surface area (Å²) in [4.78, 5) is 22.7. The number of rotatable bonds is 6. The highest BCUT2D eigenvalue weighted by molar-refractivity contribution is 7.18. The van der Waals surface area contributed by atoms with Crippen LogP contribution in [0.15, 0.2) is 34.9 Å². The zero-order valence-corrected chi connectivity index (χ0v) is 16.5. The standard InChI is InChI=1S/C19H19N5O3S/c1-11-6-13(23-22-11)8-24(3)19(25)16-9-27-18(21-16)10-26-14-4-5-17-15(7-14)20-12(2)28-17/h4-7,9H,8,10H2,1-3H3,(H,22,23). The minimum Gasteiger partial charge on any atom is -0.484 e. The first kappa shape index (κ1) is 18.2. The lowest BCUT2D eigenvalue weighted by Gasteiger charge is -2.13. The van der Waals surface area contributed by atoms with Crippen LogP contribution in [-0.4, -0.2) is 38.0 Å². The fourth-order valence-electron chi connectivity index (χ4n) is 2.80. The molecule has 0 unspecified atom stereocenters. The molecule has 1 N–H and O–H groups in total. The second kappa shape index (κ2) is 7.43. The van der Waals surface area contributed by atoms with Gasteiger partial charge in [-0.15, -0.1) is 11.3 Å². The predicted octanol–water partition coefficient (Wildman–Crippen LogP) is 3.48. The van der Waals surface area contributed by atoms with Crippen molar-refractivity contribution in [3.63, 3.8) is 0 Å². The minimum atomic E-state index is -0.241. The molecule has 0 aliphatic heterocycles. The molecule has 0 aliphatic rings. The Bertz CT molecular complexity index is 1130. The Balaban J connectivity index is 1.38. The molecule has 8 nitrogen and oxygen atoms in total. The number of fused-ring (bicyclic) bond motifs is 1. The van der Waals surface area contributed by atoms with Crippen LogP contribution in [0.5, 0.6) is 5.75 Å². The SMILES string of the molecule is Cc1cc(CN(C)C(=O)c2coc(COc3ccc4sc(C)nc4c3)n2)n[nH]1. The van der Waals surface area contributed by atoms with Crippen molar-refractivity contribution in [1.82, 2.24) is 25.1 Å². The molecule has 4 aromatic rings. The third-order valence-corrected chi connectivity index (χ3v) is 5.06. The lowest BCUT2D eigenvalue weighted by atomic mass is 10.3. The molecule has 0 bridgehead atoms. The van der Waals surface area contributed by atoms with Gasteiger partial charge >= 0.3 is 0 Å². The summed E-state index contributed by atoms with van der Waals surface area (Å²) in [5.74, 6) is 0.770. The van der Waals surface area contributed by atoms with Gasteiger partial charge in [-0.05, 0) is 32.0 Å². The fourth-order valence-corrected chi connectivity index (χ4v) is 3.61. The number of benzene rings is 1. The van der Waals surface area contributed by atoms with Gasteiger partial charge in [0.2, 0.25) is 5.89 Å². The second-order valence-electron chi connectivity index (χ2n) is 6.48. The van der Waals surface area contributed by atoms with E-state index in [0.29, 0.717) is 18.2 Å². The van der Waals surface area contributed by atoms with E-state index in [0.717, 1.165) is 26.6 Å². The van der Waals surface area contributed by atoms with Gasteiger partial charge in [-0.3, -0.25) is 9.89 Å². The summed E-state index contributed by atoms with van der Waals surface area (Å²) in [7, 11) is 1.70. The van der Waals surface area contributed by atoms with Gasteiger partial charge < -0.3 is 14.1 Å². The van der Waals surface area contributed by atoms with Crippen LogP contribution in [0.3, 0.4) is 0 Å². The van der Waals surface area contributed by atoms with E-state index in [9.17, 15) is 4.79 Å². The van der Waals surface area contributed by atoms with Crippen molar-refractivity contribution in [2.45, 2.75) is 27.0 Å². The highest BCUT2D eigenvalue weighted by Crippen LogP contribution is 2.26. The van der Waals surface area contributed by atoms with Gasteiger partial charge in [0.25, 0.3) is 5.91 Å². The Labute approximate surface area is 165 Å². The van der Waals surface area contributed by atoms with E-state index >= 15 is 0 Å². The molecule has 3 aromatic heterocycles. The fraction of sp³-hybridized carbons (Fsp3) is 0.263. The smallest absolute Gasteiger partial charge is 0.275 e. The average molecular weight is 397 g/mol. The minimum absolute atomic E-state index is 0.129. The summed E-state index contributed by atoms with van der Waals surface area (Å²) in [5, 5.41) is 8.01. The summed E-state index contributed by atoms with van der Waals surface area (Å²) < 4.78 is 12.2. The normalized spacial score (nSPS) is 11.1. The third-order valence-electron chi connectivity index (χ3n) is 4.10. The molecule has 0 saturated heterocycles. The van der Waals surface area contributed by atoms with Crippen LogP contribution in [0.2, 0.25) is 0 Å².